The van der Waals surface area contributed by atoms with Crippen LogP contribution in [0, 0.1) is 0 Å². The second kappa shape index (κ2) is 5.31. The van der Waals surface area contributed by atoms with Crippen molar-refractivity contribution in [1.29, 1.82) is 0 Å². The summed E-state index contributed by atoms with van der Waals surface area (Å²) in [7, 11) is 0. The quantitative estimate of drug-likeness (QED) is 0.705. The van der Waals surface area contributed by atoms with Gasteiger partial charge < -0.3 is 4.42 Å². The minimum absolute atomic E-state index is 0.503. The molecule has 1 heterocycles. The third kappa shape index (κ3) is 2.77. The normalized spacial score (nSPS) is 10.9. The van der Waals surface area contributed by atoms with Crippen molar-refractivity contribution >= 4 is 12.2 Å². The Balaban J connectivity index is 1.81. The van der Waals surface area contributed by atoms with Crippen LogP contribution < -0.4 is 0 Å². The Hall–Kier alpha value is -2.68. The van der Waals surface area contributed by atoms with E-state index >= 15 is 0 Å². The lowest BCUT2D eigenvalue weighted by Crippen LogP contribution is -1.75. The molecular formula is C16H12N2O. The monoisotopic (exact) mass is 248 g/mol. The molecule has 0 spiro atoms. The average Bonchev–Trinajstić information content (AvgIpc) is 2.96. The summed E-state index contributed by atoms with van der Waals surface area (Å²) in [6.45, 7) is 0. The maximum Gasteiger partial charge on any atom is 0.248 e. The molecule has 0 saturated heterocycles. The molecule has 0 aliphatic rings. The van der Waals surface area contributed by atoms with Crippen LogP contribution in [-0.4, -0.2) is 10.2 Å². The minimum atomic E-state index is 0.503. The first-order chi connectivity index (χ1) is 9.42. The van der Waals surface area contributed by atoms with Crippen LogP contribution >= 0.6 is 0 Å². The van der Waals surface area contributed by atoms with E-state index in [1.807, 2.05) is 72.8 Å². The Labute approximate surface area is 111 Å². The van der Waals surface area contributed by atoms with Gasteiger partial charge in [0, 0.05) is 11.6 Å². The zero-order chi connectivity index (χ0) is 12.9. The fraction of sp³-hybridized carbons (Fsp3) is 0. The van der Waals surface area contributed by atoms with Gasteiger partial charge in [-0.05, 0) is 23.8 Å². The molecule has 3 rings (SSSR count). The fourth-order valence-corrected chi connectivity index (χ4v) is 1.73. The van der Waals surface area contributed by atoms with Crippen LogP contribution in [0.2, 0.25) is 0 Å². The van der Waals surface area contributed by atoms with Crippen LogP contribution in [0.5, 0.6) is 0 Å². The van der Waals surface area contributed by atoms with Gasteiger partial charge in [-0.2, -0.15) is 0 Å². The highest BCUT2D eigenvalue weighted by Crippen LogP contribution is 2.17. The first kappa shape index (κ1) is 11.4. The SMILES string of the molecule is C(=Cc1nnc(-c2ccccc2)o1)c1ccccc1. The van der Waals surface area contributed by atoms with Crippen LogP contribution in [0.25, 0.3) is 23.6 Å². The Morgan fingerprint density at radius 1 is 0.737 bits per heavy atom. The number of aromatic nitrogens is 2. The molecule has 0 atom stereocenters. The summed E-state index contributed by atoms with van der Waals surface area (Å²) in [4.78, 5) is 0. The van der Waals surface area contributed by atoms with Crippen LogP contribution in [-0.2, 0) is 0 Å². The molecule has 0 fully saturated rings. The van der Waals surface area contributed by atoms with Gasteiger partial charge in [0.15, 0.2) is 0 Å². The zero-order valence-corrected chi connectivity index (χ0v) is 10.2. The van der Waals surface area contributed by atoms with Gasteiger partial charge in [-0.1, -0.05) is 48.5 Å². The van der Waals surface area contributed by atoms with Crippen LogP contribution in [0.3, 0.4) is 0 Å². The second-order valence-corrected chi connectivity index (χ2v) is 4.06. The summed E-state index contributed by atoms with van der Waals surface area (Å²) >= 11 is 0. The summed E-state index contributed by atoms with van der Waals surface area (Å²) in [5.41, 5.74) is 2.02. The maximum atomic E-state index is 5.58. The van der Waals surface area contributed by atoms with Gasteiger partial charge in [-0.25, -0.2) is 0 Å². The summed E-state index contributed by atoms with van der Waals surface area (Å²) in [6.07, 6.45) is 3.76. The lowest BCUT2D eigenvalue weighted by atomic mass is 10.2. The third-order valence-electron chi connectivity index (χ3n) is 2.68. The van der Waals surface area contributed by atoms with Crippen LogP contribution in [0.15, 0.2) is 65.1 Å². The molecule has 1 aromatic heterocycles. The predicted octanol–water partition coefficient (Wildman–Crippen LogP) is 3.91. The lowest BCUT2D eigenvalue weighted by molar-refractivity contribution is 0.558. The first-order valence-corrected chi connectivity index (χ1v) is 6.04. The topological polar surface area (TPSA) is 38.9 Å². The lowest BCUT2D eigenvalue weighted by Gasteiger charge is -1.91. The van der Waals surface area contributed by atoms with Crippen molar-refractivity contribution in [2.75, 3.05) is 0 Å². The van der Waals surface area contributed by atoms with E-state index < -0.39 is 0 Å². The fourth-order valence-electron chi connectivity index (χ4n) is 1.73. The Morgan fingerprint density at radius 2 is 1.42 bits per heavy atom. The maximum absolute atomic E-state index is 5.58. The Kier molecular flexibility index (Phi) is 3.19. The van der Waals surface area contributed by atoms with Gasteiger partial charge in [0.25, 0.3) is 0 Å². The summed E-state index contributed by atoms with van der Waals surface area (Å²) < 4.78 is 5.58. The highest BCUT2D eigenvalue weighted by Gasteiger charge is 2.05. The molecule has 0 saturated carbocycles. The molecule has 0 N–H and O–H groups in total. The molecule has 0 amide bonds. The van der Waals surface area contributed by atoms with E-state index in [1.165, 1.54) is 0 Å². The highest BCUT2D eigenvalue weighted by molar-refractivity contribution is 5.66. The van der Waals surface area contributed by atoms with E-state index in [-0.39, 0.29) is 0 Å². The van der Waals surface area contributed by atoms with Crippen LogP contribution in [0.4, 0.5) is 0 Å². The number of benzene rings is 2. The molecular weight excluding hydrogens is 236 g/mol. The van der Waals surface area contributed by atoms with E-state index in [0.717, 1.165) is 11.1 Å². The molecule has 0 aliphatic heterocycles. The van der Waals surface area contributed by atoms with Gasteiger partial charge in [0.1, 0.15) is 0 Å². The van der Waals surface area contributed by atoms with E-state index in [9.17, 15) is 0 Å². The van der Waals surface area contributed by atoms with Crippen molar-refractivity contribution in [3.05, 3.63) is 72.1 Å². The number of hydrogen-bond donors (Lipinski definition) is 0. The second-order valence-electron chi connectivity index (χ2n) is 4.06. The Morgan fingerprint density at radius 3 is 2.16 bits per heavy atom. The predicted molar refractivity (Wildman–Crippen MR) is 75.1 cm³/mol. The third-order valence-corrected chi connectivity index (χ3v) is 2.68. The van der Waals surface area contributed by atoms with Crippen molar-refractivity contribution in [2.45, 2.75) is 0 Å². The molecule has 0 unspecified atom stereocenters. The standard InChI is InChI=1S/C16H12N2O/c1-3-7-13(8-4-1)11-12-15-17-18-16(19-15)14-9-5-2-6-10-14/h1-12H. The average molecular weight is 248 g/mol. The molecule has 92 valence electrons. The van der Waals surface area contributed by atoms with Gasteiger partial charge in [0.2, 0.25) is 11.8 Å². The highest BCUT2D eigenvalue weighted by atomic mass is 16.4. The molecule has 3 heteroatoms. The molecule has 19 heavy (non-hydrogen) atoms. The molecule has 3 aromatic rings. The van der Waals surface area contributed by atoms with Crippen molar-refractivity contribution < 1.29 is 4.42 Å². The smallest absolute Gasteiger partial charge is 0.248 e. The summed E-state index contributed by atoms with van der Waals surface area (Å²) in [5.74, 6) is 1.04. The van der Waals surface area contributed by atoms with Gasteiger partial charge >= 0.3 is 0 Å². The van der Waals surface area contributed by atoms with E-state index in [1.54, 1.807) is 0 Å². The van der Waals surface area contributed by atoms with Gasteiger partial charge in [0.05, 0.1) is 0 Å². The van der Waals surface area contributed by atoms with E-state index in [2.05, 4.69) is 10.2 Å². The van der Waals surface area contributed by atoms with E-state index in [0.29, 0.717) is 11.8 Å². The molecule has 2 aromatic carbocycles. The van der Waals surface area contributed by atoms with Crippen LogP contribution in [0.1, 0.15) is 11.5 Å². The van der Waals surface area contributed by atoms with Crippen molar-refractivity contribution in [1.82, 2.24) is 10.2 Å². The number of nitrogens with zero attached hydrogens (tertiary/aromatic N) is 2. The minimum Gasteiger partial charge on any atom is -0.417 e. The summed E-state index contributed by atoms with van der Waals surface area (Å²) in [6, 6.07) is 19.7. The number of rotatable bonds is 3. The van der Waals surface area contributed by atoms with Gasteiger partial charge in [-0.15, -0.1) is 10.2 Å². The number of hydrogen-bond acceptors (Lipinski definition) is 3. The molecule has 0 aliphatic carbocycles. The Bertz CT molecular complexity index is 672. The first-order valence-electron chi connectivity index (χ1n) is 6.04. The van der Waals surface area contributed by atoms with Crippen molar-refractivity contribution in [3.63, 3.8) is 0 Å². The largest absolute Gasteiger partial charge is 0.417 e. The van der Waals surface area contributed by atoms with Crippen molar-refractivity contribution in [3.8, 4) is 11.5 Å². The molecule has 3 nitrogen and oxygen atoms in total. The molecule has 0 radical (unpaired) electrons. The van der Waals surface area contributed by atoms with Crippen molar-refractivity contribution in [2.24, 2.45) is 0 Å². The molecule has 0 bridgehead atoms. The van der Waals surface area contributed by atoms with Gasteiger partial charge in [-0.3, -0.25) is 0 Å². The zero-order valence-electron chi connectivity index (χ0n) is 10.2. The van der Waals surface area contributed by atoms with E-state index in [4.69, 9.17) is 4.42 Å². The summed E-state index contributed by atoms with van der Waals surface area (Å²) in [5, 5.41) is 8.03.